The third kappa shape index (κ3) is 6.95. The molecule has 6 nitrogen and oxygen atoms in total. The molecule has 1 N–H and O–H groups in total. The summed E-state index contributed by atoms with van der Waals surface area (Å²) in [5.74, 6) is 0.0490. The Morgan fingerprint density at radius 1 is 0.833 bits per heavy atom. The van der Waals surface area contributed by atoms with E-state index in [1.54, 1.807) is 54.6 Å². The number of nitrogens with zero attached hydrogens (tertiary/aromatic N) is 1. The van der Waals surface area contributed by atoms with Crippen molar-refractivity contribution in [2.75, 3.05) is 0 Å². The number of hydrogen-bond acceptors (Lipinski definition) is 5. The van der Waals surface area contributed by atoms with Crippen LogP contribution in [0.3, 0.4) is 0 Å². The zero-order valence-corrected chi connectivity index (χ0v) is 20.4. The minimum absolute atomic E-state index is 0.210. The van der Waals surface area contributed by atoms with Crippen LogP contribution in [-0.4, -0.2) is 18.1 Å². The minimum Gasteiger partial charge on any atom is -0.489 e. The lowest BCUT2D eigenvalue weighted by Crippen LogP contribution is -2.17. The van der Waals surface area contributed by atoms with Crippen LogP contribution in [0.15, 0.2) is 102 Å². The molecule has 0 radical (unpaired) electrons. The summed E-state index contributed by atoms with van der Waals surface area (Å²) in [4.78, 5) is 24.6. The summed E-state index contributed by atoms with van der Waals surface area (Å²) in [5.41, 5.74) is 4.90. The summed E-state index contributed by atoms with van der Waals surface area (Å²) >= 11 is 11.9. The molecule has 0 aliphatic rings. The molecule has 0 spiro atoms. The van der Waals surface area contributed by atoms with Crippen LogP contribution in [0.1, 0.15) is 31.8 Å². The van der Waals surface area contributed by atoms with E-state index in [1.807, 2.05) is 30.3 Å². The number of hydrogen-bond donors (Lipinski definition) is 1. The summed E-state index contributed by atoms with van der Waals surface area (Å²) in [7, 11) is 0. The quantitative estimate of drug-likeness (QED) is 0.124. The Morgan fingerprint density at radius 3 is 2.22 bits per heavy atom. The molecule has 0 bridgehead atoms. The summed E-state index contributed by atoms with van der Waals surface area (Å²) in [6.45, 7) is 0.448. The topological polar surface area (TPSA) is 77.0 Å². The molecule has 0 saturated heterocycles. The van der Waals surface area contributed by atoms with Gasteiger partial charge in [0.1, 0.15) is 18.1 Å². The third-order valence-corrected chi connectivity index (χ3v) is 5.53. The van der Waals surface area contributed by atoms with Gasteiger partial charge >= 0.3 is 5.97 Å². The van der Waals surface area contributed by atoms with Crippen LogP contribution in [0.4, 0.5) is 0 Å². The fourth-order valence-electron chi connectivity index (χ4n) is 3.11. The van der Waals surface area contributed by atoms with Gasteiger partial charge < -0.3 is 9.47 Å². The first-order valence-corrected chi connectivity index (χ1v) is 11.6. The van der Waals surface area contributed by atoms with Crippen molar-refractivity contribution >= 4 is 41.3 Å². The second-order valence-corrected chi connectivity index (χ2v) is 8.42. The summed E-state index contributed by atoms with van der Waals surface area (Å²) < 4.78 is 11.1. The third-order valence-electron chi connectivity index (χ3n) is 4.99. The zero-order valence-electron chi connectivity index (χ0n) is 18.9. The molecule has 4 rings (SSSR count). The molecule has 1 amide bonds. The molecule has 0 fully saturated rings. The maximum atomic E-state index is 12.3. The number of carbonyl (C=O) groups excluding carboxylic acids is 2. The summed E-state index contributed by atoms with van der Waals surface area (Å²) in [5, 5.41) is 4.62. The molecule has 0 atom stereocenters. The predicted molar refractivity (Wildman–Crippen MR) is 140 cm³/mol. The van der Waals surface area contributed by atoms with Gasteiger partial charge in [-0.3, -0.25) is 4.79 Å². The Hall–Kier alpha value is -4.13. The molecule has 36 heavy (non-hydrogen) atoms. The molecule has 4 aromatic carbocycles. The first kappa shape index (κ1) is 25.0. The van der Waals surface area contributed by atoms with Gasteiger partial charge in [0.25, 0.3) is 5.91 Å². The van der Waals surface area contributed by atoms with E-state index in [2.05, 4.69) is 10.5 Å². The van der Waals surface area contributed by atoms with Crippen molar-refractivity contribution in [1.29, 1.82) is 0 Å². The molecule has 0 unspecified atom stereocenters. The SMILES string of the molecule is O=C(NN=Cc1ccc(OC(=O)c2ccc(Cl)cc2Cl)cc1)c1ccc(OCc2ccccc2)cc1. The number of benzene rings is 4. The Labute approximate surface area is 218 Å². The van der Waals surface area contributed by atoms with E-state index in [0.717, 1.165) is 5.56 Å². The molecular weight excluding hydrogens is 499 g/mol. The number of rotatable bonds is 8. The average Bonchev–Trinajstić information content (AvgIpc) is 2.89. The number of carbonyl (C=O) groups is 2. The molecule has 4 aromatic rings. The maximum absolute atomic E-state index is 12.3. The van der Waals surface area contributed by atoms with Gasteiger partial charge in [-0.1, -0.05) is 53.5 Å². The van der Waals surface area contributed by atoms with Gasteiger partial charge in [0.05, 0.1) is 16.8 Å². The molecule has 0 aliphatic heterocycles. The van der Waals surface area contributed by atoms with Gasteiger partial charge in [0, 0.05) is 10.6 Å². The van der Waals surface area contributed by atoms with Crippen LogP contribution in [0.25, 0.3) is 0 Å². The predicted octanol–water partition coefficient (Wildman–Crippen LogP) is 6.56. The van der Waals surface area contributed by atoms with Crippen molar-refractivity contribution in [3.8, 4) is 11.5 Å². The molecule has 8 heteroatoms. The highest BCUT2D eigenvalue weighted by Gasteiger charge is 2.13. The smallest absolute Gasteiger partial charge is 0.345 e. The number of esters is 1. The lowest BCUT2D eigenvalue weighted by atomic mass is 10.2. The lowest BCUT2D eigenvalue weighted by Gasteiger charge is -2.07. The van der Waals surface area contributed by atoms with Crippen LogP contribution in [0.2, 0.25) is 10.0 Å². The van der Waals surface area contributed by atoms with Gasteiger partial charge in [0.2, 0.25) is 0 Å². The fraction of sp³-hybridized carbons (Fsp3) is 0.0357. The van der Waals surface area contributed by atoms with E-state index in [4.69, 9.17) is 32.7 Å². The monoisotopic (exact) mass is 518 g/mol. The van der Waals surface area contributed by atoms with Crippen molar-refractivity contribution < 1.29 is 19.1 Å². The van der Waals surface area contributed by atoms with E-state index < -0.39 is 5.97 Å². The lowest BCUT2D eigenvalue weighted by molar-refractivity contribution is 0.0734. The molecule has 0 heterocycles. The maximum Gasteiger partial charge on any atom is 0.345 e. The second kappa shape index (κ2) is 12.0. The number of amides is 1. The number of hydrazone groups is 1. The van der Waals surface area contributed by atoms with E-state index in [1.165, 1.54) is 18.3 Å². The van der Waals surface area contributed by atoms with Crippen molar-refractivity contribution in [2.45, 2.75) is 6.61 Å². The van der Waals surface area contributed by atoms with Crippen molar-refractivity contribution in [3.63, 3.8) is 0 Å². The highest BCUT2D eigenvalue weighted by molar-refractivity contribution is 6.36. The highest BCUT2D eigenvalue weighted by atomic mass is 35.5. The van der Waals surface area contributed by atoms with Crippen molar-refractivity contribution in [2.24, 2.45) is 5.10 Å². The largest absolute Gasteiger partial charge is 0.489 e. The van der Waals surface area contributed by atoms with Crippen LogP contribution in [-0.2, 0) is 6.61 Å². The molecule has 0 saturated carbocycles. The highest BCUT2D eigenvalue weighted by Crippen LogP contribution is 2.23. The number of halogens is 2. The summed E-state index contributed by atoms with van der Waals surface area (Å²) in [6, 6.07) is 27.8. The minimum atomic E-state index is -0.596. The van der Waals surface area contributed by atoms with Crippen LogP contribution in [0, 0.1) is 0 Å². The molecule has 0 aliphatic carbocycles. The first-order valence-electron chi connectivity index (χ1n) is 10.9. The van der Waals surface area contributed by atoms with Crippen molar-refractivity contribution in [3.05, 3.63) is 129 Å². The van der Waals surface area contributed by atoms with E-state index in [0.29, 0.717) is 34.3 Å². The summed E-state index contributed by atoms with van der Waals surface area (Å²) in [6.07, 6.45) is 1.48. The van der Waals surface area contributed by atoms with Gasteiger partial charge in [-0.15, -0.1) is 0 Å². The molecule has 0 aromatic heterocycles. The normalized spacial score (nSPS) is 10.7. The first-order chi connectivity index (χ1) is 17.5. The van der Waals surface area contributed by atoms with Gasteiger partial charge in [0.15, 0.2) is 0 Å². The second-order valence-electron chi connectivity index (χ2n) is 7.58. The average molecular weight is 519 g/mol. The van der Waals surface area contributed by atoms with Crippen LogP contribution in [0.5, 0.6) is 11.5 Å². The van der Waals surface area contributed by atoms with Gasteiger partial charge in [-0.2, -0.15) is 5.10 Å². The van der Waals surface area contributed by atoms with E-state index >= 15 is 0 Å². The van der Waals surface area contributed by atoms with E-state index in [9.17, 15) is 9.59 Å². The number of ether oxygens (including phenoxy) is 2. The van der Waals surface area contributed by atoms with Crippen LogP contribution < -0.4 is 14.9 Å². The Bertz CT molecular complexity index is 1370. The van der Waals surface area contributed by atoms with Crippen molar-refractivity contribution in [1.82, 2.24) is 5.43 Å². The van der Waals surface area contributed by atoms with E-state index in [-0.39, 0.29) is 16.5 Å². The Balaban J connectivity index is 1.27. The molecular formula is C28H20Cl2N2O4. The Morgan fingerprint density at radius 2 is 1.53 bits per heavy atom. The standard InChI is InChI=1S/C28H20Cl2N2O4/c29-22-10-15-25(26(30)16-22)28(34)36-24-11-6-19(7-12-24)17-31-32-27(33)21-8-13-23(14-9-21)35-18-20-4-2-1-3-5-20/h1-17H,18H2,(H,32,33). The van der Waals surface area contributed by atoms with Gasteiger partial charge in [-0.05, 0) is 77.9 Å². The fourth-order valence-corrected chi connectivity index (χ4v) is 3.60. The van der Waals surface area contributed by atoms with Crippen LogP contribution >= 0.6 is 23.2 Å². The van der Waals surface area contributed by atoms with Gasteiger partial charge in [-0.25, -0.2) is 10.2 Å². The zero-order chi connectivity index (χ0) is 25.3. The molecule has 180 valence electrons. The Kier molecular flexibility index (Phi) is 8.34. The number of nitrogens with one attached hydrogen (secondary N) is 1.